The van der Waals surface area contributed by atoms with E-state index in [0.29, 0.717) is 12.0 Å². The summed E-state index contributed by atoms with van der Waals surface area (Å²) in [7, 11) is 0. The Morgan fingerprint density at radius 1 is 0.853 bits per heavy atom. The van der Waals surface area contributed by atoms with Gasteiger partial charge in [0.25, 0.3) is 0 Å². The second-order valence-electron chi connectivity index (χ2n) is 12.6. The lowest BCUT2D eigenvalue weighted by atomic mass is 9.58. The zero-order chi connectivity index (χ0) is 23.8. The fraction of sp³-hybridized carbons (Fsp3) is 0.515. The van der Waals surface area contributed by atoms with Crippen LogP contribution in [0.15, 0.2) is 71.4 Å². The number of nitrogens with zero attached hydrogens (tertiary/aromatic N) is 1. The molecule has 0 radical (unpaired) electrons. The Morgan fingerprint density at radius 2 is 1.56 bits per heavy atom. The smallest absolute Gasteiger partial charge is 0.0410 e. The first kappa shape index (κ1) is 22.2. The maximum atomic E-state index is 2.71. The van der Waals surface area contributed by atoms with Gasteiger partial charge in [-0.15, -0.1) is 0 Å². The first-order valence-electron chi connectivity index (χ1n) is 13.6. The van der Waals surface area contributed by atoms with Gasteiger partial charge < -0.3 is 4.90 Å². The maximum Gasteiger partial charge on any atom is 0.0410 e. The number of hydrogen-bond acceptors (Lipinski definition) is 1. The van der Waals surface area contributed by atoms with Crippen molar-refractivity contribution in [3.8, 4) is 0 Å². The molecule has 1 heteroatoms. The van der Waals surface area contributed by atoms with Crippen LogP contribution >= 0.6 is 0 Å². The molecule has 2 aromatic carbocycles. The van der Waals surface area contributed by atoms with Crippen molar-refractivity contribution in [1.29, 1.82) is 0 Å². The highest BCUT2D eigenvalue weighted by Gasteiger charge is 2.56. The third-order valence-electron chi connectivity index (χ3n) is 10.5. The van der Waals surface area contributed by atoms with E-state index in [1.165, 1.54) is 36.2 Å². The summed E-state index contributed by atoms with van der Waals surface area (Å²) in [5.74, 6) is 4.51. The van der Waals surface area contributed by atoms with Gasteiger partial charge in [0.05, 0.1) is 0 Å². The topological polar surface area (TPSA) is 3.24 Å². The molecule has 2 aromatic rings. The van der Waals surface area contributed by atoms with Crippen molar-refractivity contribution < 1.29 is 0 Å². The molecular formula is C33H41N. The van der Waals surface area contributed by atoms with Gasteiger partial charge in [-0.25, -0.2) is 0 Å². The molecule has 178 valence electrons. The second kappa shape index (κ2) is 7.87. The van der Waals surface area contributed by atoms with Crippen LogP contribution in [0.25, 0.3) is 6.08 Å². The molecule has 1 heterocycles. The minimum absolute atomic E-state index is 0.257. The predicted octanol–water partition coefficient (Wildman–Crippen LogP) is 8.69. The SMILES string of the molecule is CC1=Cc2ccccc2C1C(C)(C)C1C(C)CC2CC3C(C)=C(C)N(c4ccccc4)C3CC21. The molecule has 2 fully saturated rings. The van der Waals surface area contributed by atoms with Crippen molar-refractivity contribution >= 4 is 11.8 Å². The van der Waals surface area contributed by atoms with Crippen LogP contribution in [0.3, 0.4) is 0 Å². The highest BCUT2D eigenvalue weighted by Crippen LogP contribution is 2.63. The Kier molecular flexibility index (Phi) is 5.14. The minimum Gasteiger partial charge on any atom is -0.342 e. The van der Waals surface area contributed by atoms with Gasteiger partial charge in [0.15, 0.2) is 0 Å². The lowest BCUT2D eigenvalue weighted by Crippen LogP contribution is -2.45. The molecule has 2 saturated carbocycles. The Labute approximate surface area is 207 Å². The molecule has 4 aliphatic rings. The summed E-state index contributed by atoms with van der Waals surface area (Å²) >= 11 is 0. The van der Waals surface area contributed by atoms with E-state index in [1.807, 2.05) is 0 Å². The largest absolute Gasteiger partial charge is 0.342 e. The Bertz CT molecular complexity index is 1150. The van der Waals surface area contributed by atoms with Crippen LogP contribution in [-0.4, -0.2) is 6.04 Å². The molecule has 3 aliphatic carbocycles. The van der Waals surface area contributed by atoms with E-state index in [1.54, 1.807) is 16.7 Å². The molecule has 1 nitrogen and oxygen atoms in total. The molecule has 7 unspecified atom stereocenters. The van der Waals surface area contributed by atoms with E-state index < -0.39 is 0 Å². The average Bonchev–Trinajstić information content (AvgIpc) is 3.41. The molecule has 0 N–H and O–H groups in total. The number of allylic oxidation sites excluding steroid dienone is 2. The van der Waals surface area contributed by atoms with E-state index in [9.17, 15) is 0 Å². The van der Waals surface area contributed by atoms with Crippen molar-refractivity contribution in [3.05, 3.63) is 82.6 Å². The Morgan fingerprint density at radius 3 is 2.32 bits per heavy atom. The first-order chi connectivity index (χ1) is 16.3. The molecule has 0 bridgehead atoms. The van der Waals surface area contributed by atoms with Crippen LogP contribution in [0.1, 0.15) is 77.8 Å². The zero-order valence-corrected chi connectivity index (χ0v) is 21.9. The van der Waals surface area contributed by atoms with E-state index in [4.69, 9.17) is 0 Å². The molecule has 0 amide bonds. The van der Waals surface area contributed by atoms with Crippen molar-refractivity contribution in [2.75, 3.05) is 4.90 Å². The normalized spacial score (nSPS) is 34.7. The van der Waals surface area contributed by atoms with Gasteiger partial charge in [0, 0.05) is 29.3 Å². The molecule has 1 aliphatic heterocycles. The molecule has 0 spiro atoms. The predicted molar refractivity (Wildman–Crippen MR) is 145 cm³/mol. The third kappa shape index (κ3) is 3.11. The monoisotopic (exact) mass is 451 g/mol. The van der Waals surface area contributed by atoms with E-state index in [2.05, 4.69) is 107 Å². The molecule has 0 aromatic heterocycles. The van der Waals surface area contributed by atoms with Gasteiger partial charge >= 0.3 is 0 Å². The summed E-state index contributed by atoms with van der Waals surface area (Å²) < 4.78 is 0. The van der Waals surface area contributed by atoms with Crippen LogP contribution in [0, 0.1) is 35.0 Å². The van der Waals surface area contributed by atoms with Gasteiger partial charge in [-0.2, -0.15) is 0 Å². The van der Waals surface area contributed by atoms with Gasteiger partial charge in [0.2, 0.25) is 0 Å². The van der Waals surface area contributed by atoms with E-state index >= 15 is 0 Å². The van der Waals surface area contributed by atoms with Crippen molar-refractivity contribution in [2.24, 2.45) is 35.0 Å². The number of fused-ring (bicyclic) bond motifs is 3. The molecule has 6 rings (SSSR count). The first-order valence-corrected chi connectivity index (χ1v) is 13.6. The quantitative estimate of drug-likeness (QED) is 0.451. The molecule has 0 saturated heterocycles. The van der Waals surface area contributed by atoms with Crippen LogP contribution in [0.2, 0.25) is 0 Å². The summed E-state index contributed by atoms with van der Waals surface area (Å²) in [6.45, 7) is 14.9. The number of anilines is 1. The standard InChI is InChI=1S/C33H41N/c1-20-16-24-12-10-11-15-27(24)31(20)33(5,6)32-21(2)17-25-18-28-22(3)23(4)34(30(28)19-29(25)32)26-13-8-7-9-14-26/h7-16,21,25,28-32H,17-19H2,1-6H3. The minimum atomic E-state index is 0.257. The van der Waals surface area contributed by atoms with E-state index in [-0.39, 0.29) is 5.41 Å². The van der Waals surface area contributed by atoms with Crippen LogP contribution in [0.5, 0.6) is 0 Å². The van der Waals surface area contributed by atoms with Crippen LogP contribution < -0.4 is 4.90 Å². The van der Waals surface area contributed by atoms with Gasteiger partial charge in [-0.1, -0.05) is 74.9 Å². The number of para-hydroxylation sites is 1. The summed E-state index contributed by atoms with van der Waals surface area (Å²) in [6.07, 6.45) is 6.60. The summed E-state index contributed by atoms with van der Waals surface area (Å²) in [5.41, 5.74) is 9.37. The third-order valence-corrected chi connectivity index (χ3v) is 10.5. The Hall–Kier alpha value is -2.28. The molecule has 7 atom stereocenters. The van der Waals surface area contributed by atoms with Crippen molar-refractivity contribution in [3.63, 3.8) is 0 Å². The van der Waals surface area contributed by atoms with E-state index in [0.717, 1.165) is 29.6 Å². The van der Waals surface area contributed by atoms with Gasteiger partial charge in [-0.05, 0) is 98.0 Å². The fourth-order valence-corrected chi connectivity index (χ4v) is 9.43. The molecular weight excluding hydrogens is 410 g/mol. The fourth-order valence-electron chi connectivity index (χ4n) is 9.43. The maximum absolute atomic E-state index is 2.71. The molecule has 34 heavy (non-hydrogen) atoms. The average molecular weight is 452 g/mol. The highest BCUT2D eigenvalue weighted by molar-refractivity contribution is 5.66. The lowest BCUT2D eigenvalue weighted by Gasteiger charge is -2.48. The van der Waals surface area contributed by atoms with Gasteiger partial charge in [0.1, 0.15) is 0 Å². The van der Waals surface area contributed by atoms with Crippen molar-refractivity contribution in [1.82, 2.24) is 0 Å². The number of benzene rings is 2. The number of rotatable bonds is 3. The zero-order valence-electron chi connectivity index (χ0n) is 21.9. The lowest BCUT2D eigenvalue weighted by molar-refractivity contribution is 0.0683. The number of hydrogen-bond donors (Lipinski definition) is 0. The Balaban J connectivity index is 1.35. The van der Waals surface area contributed by atoms with Crippen LogP contribution in [0.4, 0.5) is 5.69 Å². The summed E-state index contributed by atoms with van der Waals surface area (Å²) in [5, 5.41) is 0. The summed E-state index contributed by atoms with van der Waals surface area (Å²) in [6, 6.07) is 21.0. The van der Waals surface area contributed by atoms with Crippen molar-refractivity contribution in [2.45, 2.75) is 72.8 Å². The second-order valence-corrected chi connectivity index (χ2v) is 12.6. The summed E-state index contributed by atoms with van der Waals surface area (Å²) in [4.78, 5) is 2.71. The van der Waals surface area contributed by atoms with Crippen LogP contribution in [-0.2, 0) is 0 Å². The highest BCUT2D eigenvalue weighted by atomic mass is 15.2. The van der Waals surface area contributed by atoms with Gasteiger partial charge in [-0.3, -0.25) is 0 Å².